The summed E-state index contributed by atoms with van der Waals surface area (Å²) in [5, 5.41) is 3.92. The monoisotopic (exact) mass is 261 g/mol. The Hall–Kier alpha value is -1.51. The summed E-state index contributed by atoms with van der Waals surface area (Å²) in [6.45, 7) is 2.10. The van der Waals surface area contributed by atoms with Crippen molar-refractivity contribution in [1.82, 2.24) is 5.32 Å². The molecule has 1 N–H and O–H groups in total. The topological polar surface area (TPSA) is 21.3 Å². The zero-order valence-electron chi connectivity index (χ0n) is 10.5. The number of rotatable bonds is 4. The van der Waals surface area contributed by atoms with Gasteiger partial charge in [-0.05, 0) is 44.3 Å². The van der Waals surface area contributed by atoms with Crippen LogP contribution in [0.3, 0.4) is 0 Å². The Morgan fingerprint density at radius 1 is 1.06 bits per heavy atom. The van der Waals surface area contributed by atoms with Crippen LogP contribution >= 0.6 is 11.6 Å². The molecule has 18 heavy (non-hydrogen) atoms. The molecule has 0 amide bonds. The standard InChI is InChI=1S/C15H16ClNO/c1-11(17-2)14-5-3-4-6-15(14)18-13-9-7-12(16)8-10-13/h3-11,17H,1-2H3. The molecule has 0 aliphatic heterocycles. The smallest absolute Gasteiger partial charge is 0.132 e. The molecule has 0 saturated heterocycles. The maximum absolute atomic E-state index is 5.89. The van der Waals surface area contributed by atoms with Crippen LogP contribution in [0, 0.1) is 0 Å². The van der Waals surface area contributed by atoms with Crippen molar-refractivity contribution in [3.8, 4) is 11.5 Å². The van der Waals surface area contributed by atoms with E-state index in [0.717, 1.165) is 17.1 Å². The predicted octanol–water partition coefficient (Wildman–Crippen LogP) is 4.41. The molecular weight excluding hydrogens is 246 g/mol. The highest BCUT2D eigenvalue weighted by molar-refractivity contribution is 6.30. The van der Waals surface area contributed by atoms with Crippen LogP contribution in [0.1, 0.15) is 18.5 Å². The highest BCUT2D eigenvalue weighted by Crippen LogP contribution is 2.29. The number of halogens is 1. The Morgan fingerprint density at radius 3 is 2.39 bits per heavy atom. The molecule has 2 nitrogen and oxygen atoms in total. The third kappa shape index (κ3) is 3.03. The van der Waals surface area contributed by atoms with Crippen LogP contribution in [0.2, 0.25) is 5.02 Å². The van der Waals surface area contributed by atoms with Crippen molar-refractivity contribution in [3.05, 3.63) is 59.1 Å². The molecule has 0 radical (unpaired) electrons. The van der Waals surface area contributed by atoms with Crippen LogP contribution in [-0.2, 0) is 0 Å². The number of hydrogen-bond acceptors (Lipinski definition) is 2. The fraction of sp³-hybridized carbons (Fsp3) is 0.200. The zero-order chi connectivity index (χ0) is 13.0. The second-order valence-corrected chi connectivity index (χ2v) is 4.54. The van der Waals surface area contributed by atoms with Crippen molar-refractivity contribution in [3.63, 3.8) is 0 Å². The zero-order valence-corrected chi connectivity index (χ0v) is 11.2. The average Bonchev–Trinajstić information content (AvgIpc) is 2.41. The summed E-state index contributed by atoms with van der Waals surface area (Å²) in [5.74, 6) is 1.65. The molecule has 2 rings (SSSR count). The molecule has 1 atom stereocenters. The average molecular weight is 262 g/mol. The second-order valence-electron chi connectivity index (χ2n) is 4.10. The first-order valence-electron chi connectivity index (χ1n) is 5.90. The van der Waals surface area contributed by atoms with Crippen LogP contribution in [0.15, 0.2) is 48.5 Å². The number of benzene rings is 2. The minimum atomic E-state index is 0.244. The largest absolute Gasteiger partial charge is 0.457 e. The van der Waals surface area contributed by atoms with Gasteiger partial charge in [0.2, 0.25) is 0 Å². The third-order valence-corrected chi connectivity index (χ3v) is 3.11. The van der Waals surface area contributed by atoms with Crippen LogP contribution in [-0.4, -0.2) is 7.05 Å². The van der Waals surface area contributed by atoms with Crippen LogP contribution < -0.4 is 10.1 Å². The predicted molar refractivity (Wildman–Crippen MR) is 75.4 cm³/mol. The van der Waals surface area contributed by atoms with Gasteiger partial charge < -0.3 is 10.1 Å². The van der Waals surface area contributed by atoms with Gasteiger partial charge in [-0.2, -0.15) is 0 Å². The Bertz CT molecular complexity index is 510. The summed E-state index contributed by atoms with van der Waals surface area (Å²) in [4.78, 5) is 0. The van der Waals surface area contributed by atoms with Gasteiger partial charge in [0.15, 0.2) is 0 Å². The molecule has 0 bridgehead atoms. The van der Waals surface area contributed by atoms with Crippen molar-refractivity contribution in [1.29, 1.82) is 0 Å². The summed E-state index contributed by atoms with van der Waals surface area (Å²) in [6, 6.07) is 15.6. The van der Waals surface area contributed by atoms with Gasteiger partial charge in [-0.15, -0.1) is 0 Å². The van der Waals surface area contributed by atoms with Crippen LogP contribution in [0.5, 0.6) is 11.5 Å². The summed E-state index contributed by atoms with van der Waals surface area (Å²) in [5.41, 5.74) is 1.13. The molecule has 94 valence electrons. The minimum Gasteiger partial charge on any atom is -0.457 e. The van der Waals surface area contributed by atoms with Gasteiger partial charge in [0.05, 0.1) is 0 Å². The van der Waals surface area contributed by atoms with E-state index in [1.807, 2.05) is 49.5 Å². The molecule has 0 aromatic heterocycles. The fourth-order valence-corrected chi connectivity index (χ4v) is 1.84. The van der Waals surface area contributed by atoms with Crippen LogP contribution in [0.25, 0.3) is 0 Å². The lowest BCUT2D eigenvalue weighted by atomic mass is 10.1. The van der Waals surface area contributed by atoms with E-state index in [4.69, 9.17) is 16.3 Å². The van der Waals surface area contributed by atoms with E-state index in [0.29, 0.717) is 5.02 Å². The van der Waals surface area contributed by atoms with E-state index >= 15 is 0 Å². The van der Waals surface area contributed by atoms with E-state index in [1.165, 1.54) is 0 Å². The quantitative estimate of drug-likeness (QED) is 0.880. The summed E-state index contributed by atoms with van der Waals surface area (Å²) >= 11 is 5.85. The van der Waals surface area contributed by atoms with Gasteiger partial charge in [0.25, 0.3) is 0 Å². The molecule has 0 aliphatic rings. The molecule has 0 heterocycles. The SMILES string of the molecule is CNC(C)c1ccccc1Oc1ccc(Cl)cc1. The van der Waals surface area contributed by atoms with E-state index < -0.39 is 0 Å². The molecule has 3 heteroatoms. The second kappa shape index (κ2) is 5.89. The molecule has 0 fully saturated rings. The summed E-state index contributed by atoms with van der Waals surface area (Å²) in [6.07, 6.45) is 0. The molecule has 0 spiro atoms. The summed E-state index contributed by atoms with van der Waals surface area (Å²) in [7, 11) is 1.93. The van der Waals surface area contributed by atoms with Gasteiger partial charge in [-0.25, -0.2) is 0 Å². The van der Waals surface area contributed by atoms with Crippen LogP contribution in [0.4, 0.5) is 0 Å². The van der Waals surface area contributed by atoms with Crippen molar-refractivity contribution in [2.24, 2.45) is 0 Å². The molecule has 2 aromatic rings. The summed E-state index contributed by atoms with van der Waals surface area (Å²) < 4.78 is 5.89. The van der Waals surface area contributed by atoms with E-state index in [9.17, 15) is 0 Å². The fourth-order valence-electron chi connectivity index (χ4n) is 1.72. The Labute approximate surface area is 113 Å². The van der Waals surface area contributed by atoms with Crippen molar-refractivity contribution < 1.29 is 4.74 Å². The normalized spacial score (nSPS) is 12.2. The van der Waals surface area contributed by atoms with Crippen molar-refractivity contribution >= 4 is 11.6 Å². The highest BCUT2D eigenvalue weighted by Gasteiger charge is 2.09. The van der Waals surface area contributed by atoms with Crippen molar-refractivity contribution in [2.45, 2.75) is 13.0 Å². The Balaban J connectivity index is 2.26. The molecule has 2 aromatic carbocycles. The minimum absolute atomic E-state index is 0.244. The number of nitrogens with one attached hydrogen (secondary N) is 1. The maximum atomic E-state index is 5.89. The Morgan fingerprint density at radius 2 is 1.72 bits per heavy atom. The molecule has 1 unspecified atom stereocenters. The van der Waals surface area contributed by atoms with E-state index in [-0.39, 0.29) is 6.04 Å². The van der Waals surface area contributed by atoms with Gasteiger partial charge in [0.1, 0.15) is 11.5 Å². The first-order chi connectivity index (χ1) is 8.70. The number of ether oxygens (including phenoxy) is 1. The van der Waals surface area contributed by atoms with Gasteiger partial charge >= 0.3 is 0 Å². The van der Waals surface area contributed by atoms with Gasteiger partial charge in [0, 0.05) is 16.6 Å². The third-order valence-electron chi connectivity index (χ3n) is 2.86. The van der Waals surface area contributed by atoms with Gasteiger partial charge in [-0.3, -0.25) is 0 Å². The van der Waals surface area contributed by atoms with Crippen molar-refractivity contribution in [2.75, 3.05) is 7.05 Å². The lowest BCUT2D eigenvalue weighted by Gasteiger charge is -2.16. The van der Waals surface area contributed by atoms with Gasteiger partial charge in [-0.1, -0.05) is 29.8 Å². The first kappa shape index (κ1) is 12.9. The number of para-hydroxylation sites is 1. The lowest BCUT2D eigenvalue weighted by molar-refractivity contribution is 0.466. The van der Waals surface area contributed by atoms with E-state index in [1.54, 1.807) is 0 Å². The highest BCUT2D eigenvalue weighted by atomic mass is 35.5. The van der Waals surface area contributed by atoms with E-state index in [2.05, 4.69) is 18.3 Å². The first-order valence-corrected chi connectivity index (χ1v) is 6.28. The molecule has 0 aliphatic carbocycles. The molecular formula is C15H16ClNO. The lowest BCUT2D eigenvalue weighted by Crippen LogP contribution is -2.13. The molecule has 0 saturated carbocycles. The maximum Gasteiger partial charge on any atom is 0.132 e. The Kier molecular flexibility index (Phi) is 4.24. The number of hydrogen-bond donors (Lipinski definition) is 1.